The minimum Gasteiger partial charge on any atom is -0.489 e. The number of alkyl halides is 2. The van der Waals surface area contributed by atoms with Crippen LogP contribution < -0.4 is 10.1 Å². The lowest BCUT2D eigenvalue weighted by Crippen LogP contribution is -2.41. The van der Waals surface area contributed by atoms with Crippen molar-refractivity contribution in [3.63, 3.8) is 0 Å². The van der Waals surface area contributed by atoms with Crippen LogP contribution in [0.3, 0.4) is 0 Å². The van der Waals surface area contributed by atoms with Crippen molar-refractivity contribution in [3.8, 4) is 11.8 Å². The van der Waals surface area contributed by atoms with Gasteiger partial charge in [0, 0.05) is 5.56 Å². The van der Waals surface area contributed by atoms with Crippen LogP contribution in [0.1, 0.15) is 50.7 Å². The molecule has 0 heterocycles. The number of nitrogens with one attached hydrogen (secondary N) is 1. The summed E-state index contributed by atoms with van der Waals surface area (Å²) in [4.78, 5) is 12.6. The maximum Gasteiger partial charge on any atom is 0.265 e. The summed E-state index contributed by atoms with van der Waals surface area (Å²) in [6, 6.07) is 5.50. The van der Waals surface area contributed by atoms with E-state index in [2.05, 4.69) is 18.5 Å². The Kier molecular flexibility index (Phi) is 10.9. The van der Waals surface area contributed by atoms with Gasteiger partial charge in [0.2, 0.25) is 0 Å². The van der Waals surface area contributed by atoms with Gasteiger partial charge in [-0.3, -0.25) is 4.79 Å². The van der Waals surface area contributed by atoms with E-state index in [9.17, 15) is 13.6 Å². The Labute approximate surface area is 176 Å². The largest absolute Gasteiger partial charge is 0.489 e. The van der Waals surface area contributed by atoms with E-state index < -0.39 is 18.1 Å². The van der Waals surface area contributed by atoms with E-state index >= 15 is 0 Å². The van der Waals surface area contributed by atoms with Crippen molar-refractivity contribution < 1.29 is 23.0 Å². The molecule has 1 aromatic rings. The number of carbonyl (C=O) groups excluding carboxylic acids is 1. The lowest BCUT2D eigenvalue weighted by Gasteiger charge is -2.21. The molecule has 0 aliphatic carbocycles. The highest BCUT2D eigenvalue weighted by Gasteiger charge is 2.22. The third-order valence-corrected chi connectivity index (χ3v) is 4.09. The van der Waals surface area contributed by atoms with Gasteiger partial charge in [-0.15, -0.1) is 6.58 Å². The fourth-order valence-corrected chi connectivity index (χ4v) is 2.58. The van der Waals surface area contributed by atoms with Crippen LogP contribution in [0.25, 0.3) is 0 Å². The number of nitriles is 1. The summed E-state index contributed by atoms with van der Waals surface area (Å²) < 4.78 is 37.6. The maximum atomic E-state index is 13.1. The van der Waals surface area contributed by atoms with Crippen LogP contribution in [0.5, 0.6) is 5.75 Å². The highest BCUT2D eigenvalue weighted by molar-refractivity contribution is 5.81. The summed E-state index contributed by atoms with van der Waals surface area (Å²) in [6.07, 6.45) is 2.86. The smallest absolute Gasteiger partial charge is 0.265 e. The van der Waals surface area contributed by atoms with Gasteiger partial charge in [0.1, 0.15) is 17.6 Å². The summed E-state index contributed by atoms with van der Waals surface area (Å²) in [5.74, 6) is 0.337. The molecule has 5 nitrogen and oxygen atoms in total. The highest BCUT2D eigenvalue weighted by Crippen LogP contribution is 2.27. The molecule has 1 N–H and O–H groups in total. The Bertz CT molecular complexity index is 800. The highest BCUT2D eigenvalue weighted by atomic mass is 19.3. The van der Waals surface area contributed by atoms with Gasteiger partial charge in [-0.05, 0) is 50.1 Å². The topological polar surface area (TPSA) is 71.3 Å². The molecule has 1 amide bonds. The summed E-state index contributed by atoms with van der Waals surface area (Å²) >= 11 is 0. The molecule has 2 unspecified atom stereocenters. The van der Waals surface area contributed by atoms with E-state index in [0.29, 0.717) is 25.0 Å². The molecule has 0 fully saturated rings. The van der Waals surface area contributed by atoms with E-state index in [1.165, 1.54) is 12.1 Å². The average molecular weight is 418 g/mol. The van der Waals surface area contributed by atoms with Crippen LogP contribution in [0.4, 0.5) is 8.78 Å². The van der Waals surface area contributed by atoms with E-state index in [0.717, 1.165) is 6.07 Å². The van der Waals surface area contributed by atoms with Gasteiger partial charge in [0.05, 0.1) is 18.2 Å². The summed E-state index contributed by atoms with van der Waals surface area (Å²) in [5, 5.41) is 11.7. The van der Waals surface area contributed by atoms with E-state index in [4.69, 9.17) is 14.7 Å². The van der Waals surface area contributed by atoms with Crippen molar-refractivity contribution >= 4 is 5.91 Å². The number of allylic oxidation sites excluding steroid dienone is 3. The summed E-state index contributed by atoms with van der Waals surface area (Å²) in [5.41, 5.74) is -0.543. The number of benzene rings is 1. The molecular weight excluding hydrogens is 390 g/mol. The van der Waals surface area contributed by atoms with Crippen LogP contribution in [0.2, 0.25) is 0 Å². The van der Waals surface area contributed by atoms with Gasteiger partial charge in [0.25, 0.3) is 12.3 Å². The molecule has 0 radical (unpaired) electrons. The van der Waals surface area contributed by atoms with Crippen molar-refractivity contribution in [2.45, 2.75) is 51.7 Å². The lowest BCUT2D eigenvalue weighted by atomic mass is 10.1. The van der Waals surface area contributed by atoms with Crippen LogP contribution >= 0.6 is 0 Å². The fraction of sp³-hybridized carbons (Fsp3) is 0.391. The van der Waals surface area contributed by atoms with Crippen molar-refractivity contribution in [2.24, 2.45) is 0 Å². The predicted molar refractivity (Wildman–Crippen MR) is 112 cm³/mol. The van der Waals surface area contributed by atoms with Gasteiger partial charge in [-0.2, -0.15) is 5.26 Å². The SMILES string of the molecule is C=CC/C=C(\C=C)OC(C)CNC(=O)C(CCC)Oc1ccc(C#N)c(C(F)F)c1. The van der Waals surface area contributed by atoms with Gasteiger partial charge < -0.3 is 14.8 Å². The molecule has 0 saturated carbocycles. The van der Waals surface area contributed by atoms with Crippen LogP contribution in [-0.2, 0) is 9.53 Å². The average Bonchev–Trinajstić information content (AvgIpc) is 2.74. The first-order chi connectivity index (χ1) is 14.4. The van der Waals surface area contributed by atoms with Crippen LogP contribution in [-0.4, -0.2) is 24.7 Å². The Morgan fingerprint density at radius 3 is 2.67 bits per heavy atom. The zero-order chi connectivity index (χ0) is 22.5. The number of nitrogens with zero attached hydrogens (tertiary/aromatic N) is 1. The molecule has 1 rings (SSSR count). The monoisotopic (exact) mass is 418 g/mol. The normalized spacial score (nSPS) is 13.1. The minimum atomic E-state index is -2.81. The van der Waals surface area contributed by atoms with Gasteiger partial charge in [0.15, 0.2) is 6.10 Å². The lowest BCUT2D eigenvalue weighted by molar-refractivity contribution is -0.128. The number of hydrogen-bond donors (Lipinski definition) is 1. The number of hydrogen-bond acceptors (Lipinski definition) is 4. The molecule has 0 bridgehead atoms. The van der Waals surface area contributed by atoms with Crippen LogP contribution in [0, 0.1) is 11.3 Å². The Balaban J connectivity index is 2.77. The second kappa shape index (κ2) is 13.2. The number of halogens is 2. The summed E-state index contributed by atoms with van der Waals surface area (Å²) in [6.45, 7) is 11.2. The van der Waals surface area contributed by atoms with Gasteiger partial charge >= 0.3 is 0 Å². The first-order valence-corrected chi connectivity index (χ1v) is 9.72. The zero-order valence-electron chi connectivity index (χ0n) is 17.4. The van der Waals surface area contributed by atoms with Crippen LogP contribution in [0.15, 0.2) is 55.3 Å². The summed E-state index contributed by atoms with van der Waals surface area (Å²) in [7, 11) is 0. The van der Waals surface area contributed by atoms with E-state index in [-0.39, 0.29) is 29.9 Å². The first kappa shape index (κ1) is 24.9. The van der Waals surface area contributed by atoms with Crippen molar-refractivity contribution in [3.05, 3.63) is 66.5 Å². The van der Waals surface area contributed by atoms with Crippen molar-refractivity contribution in [1.29, 1.82) is 5.26 Å². The standard InChI is InChI=1S/C23H28F2N2O3/c1-5-8-10-18(7-3)29-16(4)15-27-23(28)21(9-6-2)30-19-12-11-17(14-26)20(13-19)22(24)25/h5,7,10-13,16,21-22H,1,3,6,8-9,15H2,2,4H3,(H,27,28)/b18-10+. The molecule has 30 heavy (non-hydrogen) atoms. The third-order valence-electron chi connectivity index (χ3n) is 4.09. The Morgan fingerprint density at radius 2 is 2.10 bits per heavy atom. The zero-order valence-corrected chi connectivity index (χ0v) is 17.4. The molecule has 0 aromatic heterocycles. The van der Waals surface area contributed by atoms with Gasteiger partial charge in [-0.1, -0.05) is 26.0 Å². The fourth-order valence-electron chi connectivity index (χ4n) is 2.58. The molecule has 2 atom stereocenters. The third kappa shape index (κ3) is 8.08. The number of carbonyl (C=O) groups is 1. The van der Waals surface area contributed by atoms with Gasteiger partial charge in [-0.25, -0.2) is 8.78 Å². The second-order valence-corrected chi connectivity index (χ2v) is 6.57. The first-order valence-electron chi connectivity index (χ1n) is 9.72. The predicted octanol–water partition coefficient (Wildman–Crippen LogP) is 5.21. The Hall–Kier alpha value is -3.14. The molecule has 7 heteroatoms. The molecule has 0 aliphatic heterocycles. The number of rotatable bonds is 13. The van der Waals surface area contributed by atoms with E-state index in [1.807, 2.05) is 13.0 Å². The quantitative estimate of drug-likeness (QED) is 0.271. The minimum absolute atomic E-state index is 0.114. The second-order valence-electron chi connectivity index (χ2n) is 6.57. The van der Waals surface area contributed by atoms with E-state index in [1.54, 1.807) is 25.1 Å². The molecule has 1 aromatic carbocycles. The number of ether oxygens (including phenoxy) is 2. The number of amides is 1. The molecule has 0 spiro atoms. The maximum absolute atomic E-state index is 13.1. The van der Waals surface area contributed by atoms with Crippen molar-refractivity contribution in [1.82, 2.24) is 5.32 Å². The van der Waals surface area contributed by atoms with Crippen molar-refractivity contribution in [2.75, 3.05) is 6.54 Å². The molecule has 0 saturated heterocycles. The molecule has 162 valence electrons. The molecule has 0 aliphatic rings. The molecular formula is C23H28F2N2O3. The Morgan fingerprint density at radius 1 is 1.37 bits per heavy atom.